The first-order valence-electron chi connectivity index (χ1n) is 6.56. The lowest BCUT2D eigenvalue weighted by atomic mass is 10.2. The fourth-order valence-electron chi connectivity index (χ4n) is 1.55. The van der Waals surface area contributed by atoms with E-state index in [1.54, 1.807) is 11.8 Å². The second kappa shape index (κ2) is 8.93. The van der Waals surface area contributed by atoms with Crippen LogP contribution in [0.1, 0.15) is 38.4 Å². The number of esters is 1. The zero-order chi connectivity index (χ0) is 14.1. The summed E-state index contributed by atoms with van der Waals surface area (Å²) >= 11 is 1.62. The fourth-order valence-corrected chi connectivity index (χ4v) is 2.35. The number of methoxy groups -OCH3 is 1. The number of thioether (sulfide) groups is 1. The van der Waals surface area contributed by atoms with Crippen molar-refractivity contribution >= 4 is 17.7 Å². The Bertz CT molecular complexity index is 382. The van der Waals surface area contributed by atoms with Crippen LogP contribution < -0.4 is 5.32 Å². The maximum Gasteiger partial charge on any atom is 0.306 e. The Morgan fingerprint density at radius 2 is 2.32 bits per heavy atom. The molecule has 5 heteroatoms. The summed E-state index contributed by atoms with van der Waals surface area (Å²) in [5.41, 5.74) is 1.05. The molecule has 1 heterocycles. The van der Waals surface area contributed by atoms with Crippen molar-refractivity contribution in [3.8, 4) is 0 Å². The molecule has 0 saturated carbocycles. The Labute approximate surface area is 119 Å². The summed E-state index contributed by atoms with van der Waals surface area (Å²) in [5, 5.41) is 3.40. The van der Waals surface area contributed by atoms with Crippen LogP contribution in [-0.4, -0.2) is 30.4 Å². The van der Waals surface area contributed by atoms with Crippen LogP contribution in [0.3, 0.4) is 0 Å². The van der Waals surface area contributed by atoms with Crippen LogP contribution in [0.2, 0.25) is 0 Å². The van der Waals surface area contributed by atoms with Crippen LogP contribution in [0, 0.1) is 0 Å². The van der Waals surface area contributed by atoms with Gasteiger partial charge < -0.3 is 10.1 Å². The third-order valence-corrected chi connectivity index (χ3v) is 3.69. The summed E-state index contributed by atoms with van der Waals surface area (Å²) in [6, 6.07) is 4.36. The Morgan fingerprint density at radius 3 is 2.89 bits per heavy atom. The molecule has 19 heavy (non-hydrogen) atoms. The lowest BCUT2D eigenvalue weighted by Crippen LogP contribution is -2.20. The molecule has 1 atom stereocenters. The van der Waals surface area contributed by atoms with Gasteiger partial charge in [-0.1, -0.05) is 6.92 Å². The molecule has 1 aromatic heterocycles. The number of nitrogens with one attached hydrogen (secondary N) is 1. The van der Waals surface area contributed by atoms with Crippen LogP contribution in [0.25, 0.3) is 0 Å². The minimum Gasteiger partial charge on any atom is -0.469 e. The number of ether oxygens (including phenoxy) is 1. The largest absolute Gasteiger partial charge is 0.469 e. The summed E-state index contributed by atoms with van der Waals surface area (Å²) in [4.78, 5) is 16.5. The molecule has 1 N–H and O–H groups in total. The van der Waals surface area contributed by atoms with Gasteiger partial charge in [0.2, 0.25) is 0 Å². The Morgan fingerprint density at radius 1 is 1.53 bits per heavy atom. The molecular formula is C14H22N2O2S. The number of carbonyl (C=O) groups is 1. The highest BCUT2D eigenvalue weighted by Crippen LogP contribution is 2.19. The zero-order valence-corrected chi connectivity index (χ0v) is 12.6. The molecule has 0 aliphatic heterocycles. The lowest BCUT2D eigenvalue weighted by Gasteiger charge is -2.12. The van der Waals surface area contributed by atoms with Gasteiger partial charge in [0.25, 0.3) is 0 Å². The van der Waals surface area contributed by atoms with Crippen molar-refractivity contribution in [2.45, 2.75) is 37.6 Å². The first-order valence-corrected chi connectivity index (χ1v) is 7.54. The fraction of sp³-hybridized carbons (Fsp3) is 0.571. The highest BCUT2D eigenvalue weighted by atomic mass is 32.2. The van der Waals surface area contributed by atoms with E-state index < -0.39 is 0 Å². The first-order chi connectivity index (χ1) is 9.17. The van der Waals surface area contributed by atoms with Crippen molar-refractivity contribution in [1.82, 2.24) is 10.3 Å². The highest BCUT2D eigenvalue weighted by Gasteiger charge is 2.06. The van der Waals surface area contributed by atoms with Crippen molar-refractivity contribution in [3.05, 3.63) is 24.0 Å². The first kappa shape index (κ1) is 16.0. The minimum atomic E-state index is -0.172. The van der Waals surface area contributed by atoms with Gasteiger partial charge in [-0.3, -0.25) is 9.78 Å². The van der Waals surface area contributed by atoms with Gasteiger partial charge in [0.1, 0.15) is 0 Å². The van der Waals surface area contributed by atoms with Gasteiger partial charge >= 0.3 is 5.97 Å². The number of pyridine rings is 1. The van der Waals surface area contributed by atoms with Gasteiger partial charge in [0, 0.05) is 22.9 Å². The van der Waals surface area contributed by atoms with Gasteiger partial charge in [-0.15, -0.1) is 11.8 Å². The van der Waals surface area contributed by atoms with Crippen LogP contribution in [0.15, 0.2) is 23.2 Å². The summed E-state index contributed by atoms with van der Waals surface area (Å²) in [5.74, 6) is 0.548. The van der Waals surface area contributed by atoms with E-state index in [0.717, 1.165) is 29.3 Å². The van der Waals surface area contributed by atoms with E-state index in [1.807, 2.05) is 12.3 Å². The van der Waals surface area contributed by atoms with Gasteiger partial charge in [-0.2, -0.15) is 0 Å². The maximum absolute atomic E-state index is 11.0. The van der Waals surface area contributed by atoms with Gasteiger partial charge in [0.05, 0.1) is 19.2 Å². The molecule has 1 rings (SSSR count). The molecule has 0 bridgehead atoms. The second-order valence-corrected chi connectivity index (χ2v) is 5.44. The molecule has 0 saturated heterocycles. The summed E-state index contributed by atoms with van der Waals surface area (Å²) in [6.45, 7) is 5.26. The molecule has 1 aromatic rings. The van der Waals surface area contributed by atoms with Crippen LogP contribution >= 0.6 is 11.8 Å². The van der Waals surface area contributed by atoms with Gasteiger partial charge in [-0.25, -0.2) is 0 Å². The third-order valence-electron chi connectivity index (χ3n) is 2.71. The van der Waals surface area contributed by atoms with E-state index in [1.165, 1.54) is 7.11 Å². The normalized spacial score (nSPS) is 12.2. The smallest absolute Gasteiger partial charge is 0.306 e. The standard InChI is InChI=1S/C14H22N2O2S/c1-4-8-15-11(2)13-6-5-12(10-16-13)19-9-7-14(17)18-3/h5-6,10-11,15H,4,7-9H2,1-3H3. The predicted molar refractivity (Wildman–Crippen MR) is 78.3 cm³/mol. The van der Waals surface area contributed by atoms with Gasteiger partial charge in [-0.05, 0) is 32.0 Å². The summed E-state index contributed by atoms with van der Waals surface area (Å²) in [6.07, 6.45) is 3.41. The molecule has 0 radical (unpaired) electrons. The topological polar surface area (TPSA) is 51.2 Å². The second-order valence-electron chi connectivity index (χ2n) is 4.27. The molecule has 4 nitrogen and oxygen atoms in total. The number of nitrogens with zero attached hydrogens (tertiary/aromatic N) is 1. The van der Waals surface area contributed by atoms with Crippen LogP contribution in [0.5, 0.6) is 0 Å². The van der Waals surface area contributed by atoms with E-state index in [-0.39, 0.29) is 12.0 Å². The molecule has 0 aliphatic rings. The van der Waals surface area contributed by atoms with Crippen molar-refractivity contribution in [1.29, 1.82) is 0 Å². The van der Waals surface area contributed by atoms with Gasteiger partial charge in [0.15, 0.2) is 0 Å². The third kappa shape index (κ3) is 6.07. The van der Waals surface area contributed by atoms with Crippen molar-refractivity contribution in [2.75, 3.05) is 19.4 Å². The average molecular weight is 282 g/mol. The highest BCUT2D eigenvalue weighted by molar-refractivity contribution is 7.99. The molecule has 1 unspecified atom stereocenters. The Balaban J connectivity index is 2.40. The van der Waals surface area contributed by atoms with E-state index >= 15 is 0 Å². The number of carbonyl (C=O) groups excluding carboxylic acids is 1. The van der Waals surface area contributed by atoms with E-state index in [9.17, 15) is 4.79 Å². The number of rotatable bonds is 8. The molecule has 106 valence electrons. The molecule has 0 aromatic carbocycles. The van der Waals surface area contributed by atoms with Crippen LogP contribution in [-0.2, 0) is 9.53 Å². The summed E-state index contributed by atoms with van der Waals surface area (Å²) < 4.78 is 4.60. The molecular weight excluding hydrogens is 260 g/mol. The average Bonchev–Trinajstić information content (AvgIpc) is 2.45. The van der Waals surface area contributed by atoms with Crippen molar-refractivity contribution < 1.29 is 9.53 Å². The molecule has 0 fully saturated rings. The molecule has 0 spiro atoms. The Kier molecular flexibility index (Phi) is 7.52. The predicted octanol–water partition coefficient (Wildman–Crippen LogP) is 2.80. The summed E-state index contributed by atoms with van der Waals surface area (Å²) in [7, 11) is 1.41. The minimum absolute atomic E-state index is 0.172. The number of aromatic nitrogens is 1. The number of hydrogen-bond donors (Lipinski definition) is 1. The Hall–Kier alpha value is -1.07. The monoisotopic (exact) mass is 282 g/mol. The SMILES string of the molecule is CCCNC(C)c1ccc(SCCC(=O)OC)cn1. The number of hydrogen-bond acceptors (Lipinski definition) is 5. The quantitative estimate of drug-likeness (QED) is 0.587. The van der Waals surface area contributed by atoms with Crippen molar-refractivity contribution in [2.24, 2.45) is 0 Å². The van der Waals surface area contributed by atoms with E-state index in [4.69, 9.17) is 0 Å². The van der Waals surface area contributed by atoms with E-state index in [2.05, 4.69) is 35.0 Å². The van der Waals surface area contributed by atoms with Crippen molar-refractivity contribution in [3.63, 3.8) is 0 Å². The lowest BCUT2D eigenvalue weighted by molar-refractivity contribution is -0.140. The molecule has 0 amide bonds. The molecule has 0 aliphatic carbocycles. The van der Waals surface area contributed by atoms with Crippen LogP contribution in [0.4, 0.5) is 0 Å². The maximum atomic E-state index is 11.0. The van der Waals surface area contributed by atoms with E-state index in [0.29, 0.717) is 6.42 Å². The zero-order valence-electron chi connectivity index (χ0n) is 11.8.